The number of hydrogen-bond donors (Lipinski definition) is 0. The van der Waals surface area contributed by atoms with E-state index in [4.69, 9.17) is 0 Å². The number of rotatable bonds is 0. The van der Waals surface area contributed by atoms with Crippen LogP contribution in [-0.2, 0) is 0 Å². The van der Waals surface area contributed by atoms with Crippen molar-refractivity contribution in [2.75, 3.05) is 0 Å². The summed E-state index contributed by atoms with van der Waals surface area (Å²) in [4.78, 5) is 0. The van der Waals surface area contributed by atoms with Gasteiger partial charge in [-0.05, 0) is 0 Å². The van der Waals surface area contributed by atoms with Crippen LogP contribution in [-0.4, -0.2) is 20.9 Å². The standard InChI is InChI=1S/C5H5Te/c1-2-4-6-5-3-1/h1-5H. The first kappa shape index (κ1) is 4.43. The van der Waals surface area contributed by atoms with Crippen LogP contribution >= 0.6 is 0 Å². The predicted molar refractivity (Wildman–Crippen MR) is 28.3 cm³/mol. The molecule has 1 rings (SSSR count). The molecule has 0 unspecified atom stereocenters. The Bertz CT molecular complexity index is 69.9. The summed E-state index contributed by atoms with van der Waals surface area (Å²) in [5.41, 5.74) is 0. The average Bonchev–Trinajstić information content (AvgIpc) is 1.72. The summed E-state index contributed by atoms with van der Waals surface area (Å²) in [5.74, 6) is 0. The Labute approximate surface area is 48.0 Å². The van der Waals surface area contributed by atoms with E-state index in [0.717, 1.165) is 0 Å². The monoisotopic (exact) mass is 195 g/mol. The molecule has 0 aromatic carbocycles. The molecule has 1 radical (unpaired) electrons. The molecule has 6 heavy (non-hydrogen) atoms. The third-order valence-electron chi connectivity index (χ3n) is 0.536. The zero-order valence-corrected chi connectivity index (χ0v) is 5.63. The quantitative estimate of drug-likeness (QED) is 0.501. The van der Waals surface area contributed by atoms with Crippen LogP contribution in [0.3, 0.4) is 0 Å². The topological polar surface area (TPSA) is 0 Å². The molecule has 1 heterocycles. The molecule has 0 amide bonds. The first-order valence-corrected chi connectivity index (χ1v) is 4.50. The van der Waals surface area contributed by atoms with Crippen LogP contribution in [0.2, 0.25) is 0 Å². The molecule has 0 atom stereocenters. The van der Waals surface area contributed by atoms with Crippen LogP contribution in [0.1, 0.15) is 0 Å². The molecule has 0 aromatic heterocycles. The van der Waals surface area contributed by atoms with Crippen molar-refractivity contribution in [3.05, 3.63) is 26.8 Å². The van der Waals surface area contributed by atoms with Gasteiger partial charge in [-0.25, -0.2) is 0 Å². The Morgan fingerprint density at radius 1 is 1.00 bits per heavy atom. The third kappa shape index (κ3) is 1.16. The van der Waals surface area contributed by atoms with Crippen LogP contribution in [0.15, 0.2) is 22.4 Å². The van der Waals surface area contributed by atoms with Crippen molar-refractivity contribution in [1.29, 1.82) is 0 Å². The molecule has 0 N–H and O–H groups in total. The molecule has 1 aliphatic rings. The summed E-state index contributed by atoms with van der Waals surface area (Å²) < 4.78 is 4.51. The molecule has 31 valence electrons. The van der Waals surface area contributed by atoms with Crippen molar-refractivity contribution in [1.82, 2.24) is 0 Å². The van der Waals surface area contributed by atoms with Crippen LogP contribution in [0, 0.1) is 4.47 Å². The van der Waals surface area contributed by atoms with Gasteiger partial charge >= 0.3 is 47.7 Å². The van der Waals surface area contributed by atoms with Gasteiger partial charge in [-0.1, -0.05) is 0 Å². The molecule has 0 nitrogen and oxygen atoms in total. The zero-order chi connectivity index (χ0) is 4.24. The fraction of sp³-hybridized carbons (Fsp3) is 0. The summed E-state index contributed by atoms with van der Waals surface area (Å²) in [5, 5.41) is 0. The summed E-state index contributed by atoms with van der Waals surface area (Å²) in [6, 6.07) is 0. The second-order valence-electron chi connectivity index (χ2n) is 0.986. The molecule has 0 bridgehead atoms. The molecule has 0 aliphatic carbocycles. The molecule has 0 aromatic rings. The van der Waals surface area contributed by atoms with E-state index in [1.807, 2.05) is 0 Å². The molecule has 0 spiro atoms. The van der Waals surface area contributed by atoms with E-state index in [0.29, 0.717) is 0 Å². The van der Waals surface area contributed by atoms with Gasteiger partial charge in [0, 0.05) is 0 Å². The van der Waals surface area contributed by atoms with E-state index >= 15 is 0 Å². The minimum atomic E-state index is 0.180. The van der Waals surface area contributed by atoms with E-state index in [-0.39, 0.29) is 20.9 Å². The van der Waals surface area contributed by atoms with Crippen LogP contribution < -0.4 is 0 Å². The van der Waals surface area contributed by atoms with Gasteiger partial charge in [0.25, 0.3) is 0 Å². The molecular weight excluding hydrogens is 188 g/mol. The van der Waals surface area contributed by atoms with Gasteiger partial charge in [0.05, 0.1) is 0 Å². The SMILES string of the molecule is [CH]1C=CC=C[Te]1. The van der Waals surface area contributed by atoms with Crippen molar-refractivity contribution in [2.45, 2.75) is 0 Å². The Morgan fingerprint density at radius 2 is 2.00 bits per heavy atom. The van der Waals surface area contributed by atoms with E-state index in [2.05, 4.69) is 26.8 Å². The summed E-state index contributed by atoms with van der Waals surface area (Å²) in [6.07, 6.45) is 6.29. The van der Waals surface area contributed by atoms with Gasteiger partial charge < -0.3 is 0 Å². The van der Waals surface area contributed by atoms with Gasteiger partial charge in [0.1, 0.15) is 0 Å². The minimum absolute atomic E-state index is 0.180. The van der Waals surface area contributed by atoms with Gasteiger partial charge in [-0.3, -0.25) is 0 Å². The van der Waals surface area contributed by atoms with E-state index in [9.17, 15) is 0 Å². The Morgan fingerprint density at radius 3 is 2.17 bits per heavy atom. The van der Waals surface area contributed by atoms with E-state index in [1.54, 1.807) is 0 Å². The van der Waals surface area contributed by atoms with Crippen molar-refractivity contribution in [3.8, 4) is 0 Å². The van der Waals surface area contributed by atoms with Crippen molar-refractivity contribution in [2.24, 2.45) is 0 Å². The van der Waals surface area contributed by atoms with Crippen LogP contribution in [0.4, 0.5) is 0 Å². The first-order chi connectivity index (χ1) is 3.00. The fourth-order valence-electron chi connectivity index (χ4n) is 0.291. The van der Waals surface area contributed by atoms with Gasteiger partial charge in [0.15, 0.2) is 0 Å². The molecule has 0 saturated heterocycles. The molecule has 1 heteroatoms. The first-order valence-electron chi connectivity index (χ1n) is 1.80. The van der Waals surface area contributed by atoms with E-state index in [1.165, 1.54) is 0 Å². The number of hydrogen-bond acceptors (Lipinski definition) is 0. The molecule has 1 aliphatic heterocycles. The van der Waals surface area contributed by atoms with Gasteiger partial charge in [0.2, 0.25) is 0 Å². The Kier molecular flexibility index (Phi) is 1.80. The molecule has 0 fully saturated rings. The van der Waals surface area contributed by atoms with Crippen molar-refractivity contribution < 1.29 is 0 Å². The number of allylic oxidation sites excluding steroid dienone is 3. The third-order valence-corrected chi connectivity index (χ3v) is 2.33. The Balaban J connectivity index is 2.46. The second-order valence-corrected chi connectivity index (χ2v) is 3.32. The fourth-order valence-corrected chi connectivity index (χ4v) is 1.59. The normalized spacial score (nSPS) is 18.7. The maximum absolute atomic E-state index is 2.26. The van der Waals surface area contributed by atoms with Crippen molar-refractivity contribution in [3.63, 3.8) is 0 Å². The molecule has 0 saturated carbocycles. The van der Waals surface area contributed by atoms with Crippen LogP contribution in [0.5, 0.6) is 0 Å². The van der Waals surface area contributed by atoms with Gasteiger partial charge in [-0.2, -0.15) is 0 Å². The maximum atomic E-state index is 2.26. The van der Waals surface area contributed by atoms with Crippen molar-refractivity contribution >= 4 is 20.9 Å². The van der Waals surface area contributed by atoms with Crippen LogP contribution in [0.25, 0.3) is 0 Å². The molecular formula is C5H5Te. The summed E-state index contributed by atoms with van der Waals surface area (Å²) >= 11 is 0.180. The Hall–Kier alpha value is 0.270. The summed E-state index contributed by atoms with van der Waals surface area (Å²) in [6.45, 7) is 0. The van der Waals surface area contributed by atoms with E-state index < -0.39 is 0 Å². The van der Waals surface area contributed by atoms with Gasteiger partial charge in [-0.15, -0.1) is 0 Å². The summed E-state index contributed by atoms with van der Waals surface area (Å²) in [7, 11) is 0. The second kappa shape index (κ2) is 2.44. The average molecular weight is 193 g/mol. The zero-order valence-electron chi connectivity index (χ0n) is 3.29. The predicted octanol–water partition coefficient (Wildman–Crippen LogP) is 0.936.